The number of carbonyl (C=O) groups is 2. The van der Waals surface area contributed by atoms with Gasteiger partial charge in [-0.2, -0.15) is 0 Å². The van der Waals surface area contributed by atoms with Crippen LogP contribution in [0.4, 0.5) is 0 Å². The molecule has 1 atom stereocenters. The van der Waals surface area contributed by atoms with E-state index in [0.717, 1.165) is 29.5 Å². The van der Waals surface area contributed by atoms with Crippen LogP contribution in [0.2, 0.25) is 0 Å². The van der Waals surface area contributed by atoms with E-state index in [9.17, 15) is 9.59 Å². The number of thiocarbonyl (C=S) groups is 1. The molecule has 1 aromatic rings. The lowest BCUT2D eigenvalue weighted by Gasteiger charge is -2.34. The maximum absolute atomic E-state index is 13.0. The molecule has 1 saturated heterocycles. The molecule has 0 radical (unpaired) electrons. The predicted octanol–water partition coefficient (Wildman–Crippen LogP) is 2.43. The van der Waals surface area contributed by atoms with Gasteiger partial charge in [0, 0.05) is 31.5 Å². The van der Waals surface area contributed by atoms with Crippen LogP contribution < -0.4 is 5.73 Å². The molecule has 24 heavy (non-hydrogen) atoms. The Morgan fingerprint density at radius 3 is 2.46 bits per heavy atom. The van der Waals surface area contributed by atoms with E-state index in [4.69, 9.17) is 22.7 Å². The zero-order valence-corrected chi connectivity index (χ0v) is 15.2. The summed E-state index contributed by atoms with van der Waals surface area (Å²) in [6.07, 6.45) is 0.602. The molecule has 1 aromatic carbocycles. The van der Waals surface area contributed by atoms with Gasteiger partial charge in [0.1, 0.15) is 0 Å². The Kier molecular flexibility index (Phi) is 5.94. The Morgan fingerprint density at radius 2 is 1.92 bits per heavy atom. The molecule has 0 saturated carbocycles. The number of nitrogens with zero attached hydrogens (tertiary/aromatic N) is 1. The van der Waals surface area contributed by atoms with E-state index in [-0.39, 0.29) is 11.8 Å². The topological polar surface area (TPSA) is 72.6 Å². The number of esters is 1. The molecule has 1 aliphatic rings. The average Bonchev–Trinajstić information content (AvgIpc) is 2.54. The van der Waals surface area contributed by atoms with Crippen molar-refractivity contribution in [1.29, 1.82) is 0 Å². The third-order valence-electron chi connectivity index (χ3n) is 4.43. The van der Waals surface area contributed by atoms with Crippen molar-refractivity contribution in [2.75, 3.05) is 13.1 Å². The molecular weight excluding hydrogens is 324 g/mol. The third-order valence-corrected chi connectivity index (χ3v) is 4.77. The maximum Gasteiger partial charge on any atom is 0.303 e. The van der Waals surface area contributed by atoms with Crippen molar-refractivity contribution in [2.45, 2.75) is 39.7 Å². The highest BCUT2D eigenvalue weighted by molar-refractivity contribution is 7.80. The Hall–Kier alpha value is -1.95. The van der Waals surface area contributed by atoms with Crippen molar-refractivity contribution < 1.29 is 14.3 Å². The number of rotatable bonds is 4. The van der Waals surface area contributed by atoms with Crippen LogP contribution in [0, 0.1) is 19.8 Å². The number of carbonyl (C=O) groups excluding carboxylic acids is 2. The Labute approximate surface area is 148 Å². The molecule has 0 aromatic heterocycles. The molecule has 0 aliphatic carbocycles. The second-order valence-corrected chi connectivity index (χ2v) is 6.82. The summed E-state index contributed by atoms with van der Waals surface area (Å²) >= 11 is 5.04. The summed E-state index contributed by atoms with van der Waals surface area (Å²) in [5.41, 5.74) is 8.39. The summed E-state index contributed by atoms with van der Waals surface area (Å²) in [6, 6.07) is 5.82. The molecule has 1 unspecified atom stereocenters. The van der Waals surface area contributed by atoms with Crippen molar-refractivity contribution in [1.82, 2.24) is 4.90 Å². The Morgan fingerprint density at radius 1 is 1.29 bits per heavy atom. The fraction of sp³-hybridized carbons (Fsp3) is 0.500. The van der Waals surface area contributed by atoms with Gasteiger partial charge in [-0.15, -0.1) is 0 Å². The summed E-state index contributed by atoms with van der Waals surface area (Å²) in [5.74, 6) is -0.468. The van der Waals surface area contributed by atoms with Crippen LogP contribution in [-0.2, 0) is 14.3 Å². The number of ether oxygens (including phenoxy) is 1. The number of aryl methyl sites for hydroxylation is 2. The maximum atomic E-state index is 13.0. The van der Waals surface area contributed by atoms with E-state index < -0.39 is 12.1 Å². The van der Waals surface area contributed by atoms with Gasteiger partial charge in [-0.3, -0.25) is 9.59 Å². The molecule has 0 bridgehead atoms. The third kappa shape index (κ3) is 4.32. The van der Waals surface area contributed by atoms with Crippen LogP contribution in [0.5, 0.6) is 0 Å². The minimum atomic E-state index is -0.899. The molecule has 2 rings (SSSR count). The summed E-state index contributed by atoms with van der Waals surface area (Å²) in [4.78, 5) is 26.7. The molecular formula is C18H24N2O3S. The molecule has 6 heteroatoms. The smallest absolute Gasteiger partial charge is 0.303 e. The zero-order chi connectivity index (χ0) is 17.9. The lowest BCUT2D eigenvalue weighted by Crippen LogP contribution is -2.44. The highest BCUT2D eigenvalue weighted by Crippen LogP contribution is 2.27. The minimum absolute atomic E-state index is 0.178. The van der Waals surface area contributed by atoms with Gasteiger partial charge in [0.15, 0.2) is 0 Å². The fourth-order valence-electron chi connectivity index (χ4n) is 3.01. The van der Waals surface area contributed by atoms with Gasteiger partial charge in [0.05, 0.1) is 4.99 Å². The van der Waals surface area contributed by atoms with Gasteiger partial charge in [0.2, 0.25) is 6.10 Å². The van der Waals surface area contributed by atoms with Gasteiger partial charge in [-0.25, -0.2) is 0 Å². The van der Waals surface area contributed by atoms with Crippen molar-refractivity contribution in [3.05, 3.63) is 34.9 Å². The van der Waals surface area contributed by atoms with Crippen LogP contribution in [-0.4, -0.2) is 34.9 Å². The minimum Gasteiger partial charge on any atom is -0.447 e. The first-order chi connectivity index (χ1) is 11.3. The Bertz CT molecular complexity index is 652. The van der Waals surface area contributed by atoms with E-state index in [1.165, 1.54) is 6.92 Å². The van der Waals surface area contributed by atoms with Gasteiger partial charge >= 0.3 is 5.97 Å². The Balaban J connectivity index is 2.22. The molecule has 0 spiro atoms. The van der Waals surface area contributed by atoms with Gasteiger partial charge in [-0.05, 0) is 32.3 Å². The summed E-state index contributed by atoms with van der Waals surface area (Å²) in [7, 11) is 0. The second-order valence-electron chi connectivity index (χ2n) is 6.35. The van der Waals surface area contributed by atoms with E-state index in [0.29, 0.717) is 18.1 Å². The SMILES string of the molecule is CC(=O)OC(C(=O)N1CCC(C(N)=S)CC1)c1cc(C)ccc1C. The van der Waals surface area contributed by atoms with Crippen molar-refractivity contribution in [3.63, 3.8) is 0 Å². The van der Waals surface area contributed by atoms with E-state index in [1.807, 2.05) is 32.0 Å². The number of piperidine rings is 1. The zero-order valence-electron chi connectivity index (χ0n) is 14.4. The molecule has 130 valence electrons. The lowest BCUT2D eigenvalue weighted by molar-refractivity contribution is -0.159. The predicted molar refractivity (Wildman–Crippen MR) is 96.5 cm³/mol. The van der Waals surface area contributed by atoms with Crippen LogP contribution in [0.1, 0.15) is 42.6 Å². The second kappa shape index (κ2) is 7.75. The number of hydrogen-bond acceptors (Lipinski definition) is 4. The first-order valence-corrected chi connectivity index (χ1v) is 8.53. The number of nitrogens with two attached hydrogens (primary N) is 1. The lowest BCUT2D eigenvalue weighted by atomic mass is 9.95. The van der Waals surface area contributed by atoms with Crippen LogP contribution in [0.25, 0.3) is 0 Å². The van der Waals surface area contributed by atoms with Gasteiger partial charge in [0.25, 0.3) is 5.91 Å². The monoisotopic (exact) mass is 348 g/mol. The molecule has 1 aliphatic heterocycles. The fourth-order valence-corrected chi connectivity index (χ4v) is 3.24. The summed E-state index contributed by atoms with van der Waals surface area (Å²) < 4.78 is 5.38. The number of amides is 1. The van der Waals surface area contributed by atoms with E-state index >= 15 is 0 Å². The van der Waals surface area contributed by atoms with Crippen molar-refractivity contribution >= 4 is 29.1 Å². The van der Waals surface area contributed by atoms with Gasteiger partial charge in [-0.1, -0.05) is 36.0 Å². The molecule has 1 amide bonds. The molecule has 2 N–H and O–H groups in total. The molecule has 5 nitrogen and oxygen atoms in total. The molecule has 1 heterocycles. The van der Waals surface area contributed by atoms with E-state index in [1.54, 1.807) is 4.90 Å². The average molecular weight is 348 g/mol. The van der Waals surface area contributed by atoms with E-state index in [2.05, 4.69) is 0 Å². The quantitative estimate of drug-likeness (QED) is 0.668. The normalized spacial score (nSPS) is 16.5. The highest BCUT2D eigenvalue weighted by atomic mass is 32.1. The van der Waals surface area contributed by atoms with Crippen molar-refractivity contribution in [2.24, 2.45) is 11.7 Å². The van der Waals surface area contributed by atoms with Crippen LogP contribution >= 0.6 is 12.2 Å². The largest absolute Gasteiger partial charge is 0.447 e. The standard InChI is InChI=1S/C18H24N2O3S/c1-11-4-5-12(2)15(10-11)16(23-13(3)21)18(22)20-8-6-14(7-9-20)17(19)24/h4-5,10,14,16H,6-9H2,1-3H3,(H2,19,24). The molecule has 1 fully saturated rings. The highest BCUT2D eigenvalue weighted by Gasteiger charge is 2.32. The summed E-state index contributed by atoms with van der Waals surface area (Å²) in [6.45, 7) is 6.33. The number of benzene rings is 1. The van der Waals surface area contributed by atoms with Crippen molar-refractivity contribution in [3.8, 4) is 0 Å². The van der Waals surface area contributed by atoms with Crippen LogP contribution in [0.3, 0.4) is 0 Å². The summed E-state index contributed by atoms with van der Waals surface area (Å²) in [5, 5.41) is 0. The first-order valence-electron chi connectivity index (χ1n) is 8.12. The number of hydrogen-bond donors (Lipinski definition) is 1. The first kappa shape index (κ1) is 18.4. The number of likely N-dealkylation sites (tertiary alicyclic amines) is 1. The van der Waals surface area contributed by atoms with Crippen LogP contribution in [0.15, 0.2) is 18.2 Å². The van der Waals surface area contributed by atoms with Gasteiger partial charge < -0.3 is 15.4 Å².